The Morgan fingerprint density at radius 1 is 1.46 bits per heavy atom. The monoisotopic (exact) mass is 347 g/mol. The SMILES string of the molecule is C=CCN(C)CCCCOc1ccc2c(c1)CCN2C(=S)NCC. The fourth-order valence-electron chi connectivity index (χ4n) is 2.91. The Bertz CT molecular complexity index is 562. The van der Waals surface area contributed by atoms with E-state index in [1.165, 1.54) is 11.3 Å². The molecule has 0 atom stereocenters. The van der Waals surface area contributed by atoms with Crippen molar-refractivity contribution in [2.45, 2.75) is 26.2 Å². The Balaban J connectivity index is 1.78. The van der Waals surface area contributed by atoms with Crippen LogP contribution >= 0.6 is 12.2 Å². The number of nitrogens with one attached hydrogen (secondary N) is 1. The van der Waals surface area contributed by atoms with Crippen LogP contribution in [0, 0.1) is 0 Å². The third kappa shape index (κ3) is 5.21. The number of ether oxygens (including phenoxy) is 1. The van der Waals surface area contributed by atoms with Gasteiger partial charge in [-0.3, -0.25) is 0 Å². The lowest BCUT2D eigenvalue weighted by atomic mass is 10.1. The average Bonchev–Trinajstić information content (AvgIpc) is 2.98. The average molecular weight is 348 g/mol. The maximum Gasteiger partial charge on any atom is 0.173 e. The summed E-state index contributed by atoms with van der Waals surface area (Å²) < 4.78 is 5.91. The third-order valence-corrected chi connectivity index (χ3v) is 4.53. The van der Waals surface area contributed by atoms with Gasteiger partial charge in [-0.15, -0.1) is 6.58 Å². The number of anilines is 1. The van der Waals surface area contributed by atoms with E-state index in [4.69, 9.17) is 17.0 Å². The van der Waals surface area contributed by atoms with Gasteiger partial charge in [0.1, 0.15) is 5.75 Å². The van der Waals surface area contributed by atoms with Crippen LogP contribution in [0.2, 0.25) is 0 Å². The Morgan fingerprint density at radius 2 is 2.29 bits per heavy atom. The second kappa shape index (κ2) is 9.64. The molecule has 1 aliphatic heterocycles. The smallest absolute Gasteiger partial charge is 0.173 e. The summed E-state index contributed by atoms with van der Waals surface area (Å²) in [6, 6.07) is 6.34. The number of benzene rings is 1. The number of unbranched alkanes of at least 4 members (excludes halogenated alkanes) is 1. The number of hydrogen-bond acceptors (Lipinski definition) is 3. The molecule has 1 aliphatic rings. The largest absolute Gasteiger partial charge is 0.494 e. The number of fused-ring (bicyclic) bond motifs is 1. The molecule has 0 spiro atoms. The standard InChI is InChI=1S/C19H29N3OS/c1-4-11-21(3)12-6-7-14-23-17-8-9-18-16(15-17)10-13-22(18)19(24)20-5-2/h4,8-9,15H,1,5-7,10-14H2,2-3H3,(H,20,24). The molecule has 1 N–H and O–H groups in total. The van der Waals surface area contributed by atoms with E-state index in [0.717, 1.165) is 62.9 Å². The first-order chi connectivity index (χ1) is 11.7. The molecule has 24 heavy (non-hydrogen) atoms. The van der Waals surface area contributed by atoms with E-state index >= 15 is 0 Å². The molecular weight excluding hydrogens is 318 g/mol. The van der Waals surface area contributed by atoms with E-state index < -0.39 is 0 Å². The highest BCUT2D eigenvalue weighted by Crippen LogP contribution is 2.31. The molecule has 1 aromatic carbocycles. The van der Waals surface area contributed by atoms with E-state index in [1.54, 1.807) is 0 Å². The molecule has 4 nitrogen and oxygen atoms in total. The third-order valence-electron chi connectivity index (χ3n) is 4.16. The van der Waals surface area contributed by atoms with Crippen molar-refractivity contribution in [3.05, 3.63) is 36.4 Å². The zero-order chi connectivity index (χ0) is 17.4. The van der Waals surface area contributed by atoms with Gasteiger partial charge in [0.15, 0.2) is 5.11 Å². The molecule has 0 unspecified atom stereocenters. The van der Waals surface area contributed by atoms with E-state index in [2.05, 4.69) is 53.9 Å². The van der Waals surface area contributed by atoms with Crippen LogP contribution in [0.25, 0.3) is 0 Å². The number of nitrogens with zero attached hydrogens (tertiary/aromatic N) is 2. The predicted molar refractivity (Wildman–Crippen MR) is 106 cm³/mol. The second-order valence-electron chi connectivity index (χ2n) is 6.13. The van der Waals surface area contributed by atoms with E-state index in [0.29, 0.717) is 0 Å². The van der Waals surface area contributed by atoms with Crippen LogP contribution in [0.1, 0.15) is 25.3 Å². The highest BCUT2D eigenvalue weighted by atomic mass is 32.1. The predicted octanol–water partition coefficient (Wildman–Crippen LogP) is 3.22. The van der Waals surface area contributed by atoms with Crippen molar-refractivity contribution in [3.8, 4) is 5.75 Å². The molecule has 5 heteroatoms. The van der Waals surface area contributed by atoms with Gasteiger partial charge in [-0.2, -0.15) is 0 Å². The lowest BCUT2D eigenvalue weighted by molar-refractivity contribution is 0.287. The first-order valence-electron chi connectivity index (χ1n) is 8.76. The quantitative estimate of drug-likeness (QED) is 0.421. The summed E-state index contributed by atoms with van der Waals surface area (Å²) in [6.45, 7) is 10.4. The molecule has 0 aliphatic carbocycles. The minimum atomic E-state index is 0.764. The van der Waals surface area contributed by atoms with Crippen LogP contribution in [0.3, 0.4) is 0 Å². The summed E-state index contributed by atoms with van der Waals surface area (Å²) in [5.41, 5.74) is 2.53. The van der Waals surface area contributed by atoms with Crippen molar-refractivity contribution in [1.82, 2.24) is 10.2 Å². The van der Waals surface area contributed by atoms with Crippen LogP contribution in [0.5, 0.6) is 5.75 Å². The van der Waals surface area contributed by atoms with Crippen molar-refractivity contribution in [2.75, 3.05) is 44.7 Å². The summed E-state index contributed by atoms with van der Waals surface area (Å²) in [4.78, 5) is 4.44. The van der Waals surface area contributed by atoms with Crippen LogP contribution in [0.4, 0.5) is 5.69 Å². The van der Waals surface area contributed by atoms with Crippen LogP contribution in [-0.4, -0.2) is 49.8 Å². The van der Waals surface area contributed by atoms with Crippen molar-refractivity contribution < 1.29 is 4.74 Å². The first-order valence-corrected chi connectivity index (χ1v) is 9.17. The first kappa shape index (κ1) is 18.7. The highest BCUT2D eigenvalue weighted by Gasteiger charge is 2.22. The summed E-state index contributed by atoms with van der Waals surface area (Å²) >= 11 is 5.43. The number of hydrogen-bond donors (Lipinski definition) is 1. The van der Waals surface area contributed by atoms with E-state index in [-0.39, 0.29) is 0 Å². The summed E-state index contributed by atoms with van der Waals surface area (Å²) in [7, 11) is 2.12. The van der Waals surface area contributed by atoms with Gasteiger partial charge in [-0.25, -0.2) is 0 Å². The van der Waals surface area contributed by atoms with Gasteiger partial charge in [-0.05, 0) is 75.8 Å². The normalized spacial score (nSPS) is 13.0. The van der Waals surface area contributed by atoms with Crippen LogP contribution in [-0.2, 0) is 6.42 Å². The topological polar surface area (TPSA) is 27.7 Å². The summed E-state index contributed by atoms with van der Waals surface area (Å²) in [6.07, 6.45) is 5.16. The maximum atomic E-state index is 5.91. The van der Waals surface area contributed by atoms with Crippen LogP contribution < -0.4 is 15.0 Å². The molecule has 0 aromatic heterocycles. The molecule has 1 aromatic rings. The van der Waals surface area contributed by atoms with E-state index in [1.807, 2.05) is 6.08 Å². The van der Waals surface area contributed by atoms with Crippen molar-refractivity contribution >= 4 is 23.0 Å². The van der Waals surface area contributed by atoms with Crippen molar-refractivity contribution in [1.29, 1.82) is 0 Å². The Hall–Kier alpha value is -1.59. The van der Waals surface area contributed by atoms with Crippen molar-refractivity contribution in [2.24, 2.45) is 0 Å². The molecular formula is C19H29N3OS. The van der Waals surface area contributed by atoms with Crippen molar-refractivity contribution in [3.63, 3.8) is 0 Å². The molecule has 0 bridgehead atoms. The molecule has 2 rings (SSSR count). The molecule has 0 saturated carbocycles. The second-order valence-corrected chi connectivity index (χ2v) is 6.52. The van der Waals surface area contributed by atoms with Gasteiger partial charge >= 0.3 is 0 Å². The molecule has 1 heterocycles. The van der Waals surface area contributed by atoms with Gasteiger partial charge in [0.25, 0.3) is 0 Å². The summed E-state index contributed by atoms with van der Waals surface area (Å²) in [5, 5.41) is 4.04. The lowest BCUT2D eigenvalue weighted by Crippen LogP contribution is -2.38. The number of rotatable bonds is 9. The summed E-state index contributed by atoms with van der Waals surface area (Å²) in [5.74, 6) is 0.962. The zero-order valence-electron chi connectivity index (χ0n) is 14.9. The Kier molecular flexibility index (Phi) is 7.53. The van der Waals surface area contributed by atoms with Gasteiger partial charge in [0.05, 0.1) is 6.61 Å². The molecule has 0 amide bonds. The fourth-order valence-corrected chi connectivity index (χ4v) is 3.24. The van der Waals surface area contributed by atoms with Crippen LogP contribution in [0.15, 0.2) is 30.9 Å². The Morgan fingerprint density at radius 3 is 3.04 bits per heavy atom. The fraction of sp³-hybridized carbons (Fsp3) is 0.526. The number of likely N-dealkylation sites (N-methyl/N-ethyl adjacent to an activating group) is 1. The Labute approximate surface area is 151 Å². The molecule has 0 saturated heterocycles. The van der Waals surface area contributed by atoms with E-state index in [9.17, 15) is 0 Å². The minimum Gasteiger partial charge on any atom is -0.494 e. The number of thiocarbonyl (C=S) groups is 1. The molecule has 0 radical (unpaired) electrons. The minimum absolute atomic E-state index is 0.764. The van der Waals surface area contributed by atoms with Gasteiger partial charge in [-0.1, -0.05) is 6.08 Å². The lowest BCUT2D eigenvalue weighted by Gasteiger charge is -2.20. The van der Waals surface area contributed by atoms with Gasteiger partial charge in [0.2, 0.25) is 0 Å². The van der Waals surface area contributed by atoms with Gasteiger partial charge in [0, 0.05) is 25.3 Å². The van der Waals surface area contributed by atoms with Gasteiger partial charge < -0.3 is 19.9 Å². The molecule has 0 fully saturated rings. The molecule has 132 valence electrons. The highest BCUT2D eigenvalue weighted by molar-refractivity contribution is 7.80. The maximum absolute atomic E-state index is 5.91. The zero-order valence-corrected chi connectivity index (χ0v) is 15.7.